The van der Waals surface area contributed by atoms with Crippen LogP contribution in [0.3, 0.4) is 0 Å². The number of aromatic nitrogens is 2. The van der Waals surface area contributed by atoms with E-state index in [1.54, 1.807) is 36.5 Å². The number of halogens is 2. The Morgan fingerprint density at radius 2 is 1.83 bits per heavy atom. The maximum Gasteiger partial charge on any atom is 0.265 e. The molecule has 1 amide bonds. The van der Waals surface area contributed by atoms with Crippen LogP contribution in [0.1, 0.15) is 16.8 Å². The van der Waals surface area contributed by atoms with Gasteiger partial charge in [0.2, 0.25) is 0 Å². The first-order valence-corrected chi connectivity index (χ1v) is 12.0. The molecule has 4 aromatic rings. The summed E-state index contributed by atoms with van der Waals surface area (Å²) < 4.78 is 14.5. The predicted molar refractivity (Wildman–Crippen MR) is 136 cm³/mol. The zero-order valence-electron chi connectivity index (χ0n) is 19.1. The van der Waals surface area contributed by atoms with Crippen LogP contribution in [0.15, 0.2) is 65.6 Å². The number of benzene rings is 2. The van der Waals surface area contributed by atoms with Crippen LogP contribution in [0.25, 0.3) is 16.6 Å². The number of hydrogen-bond acceptors (Lipinski definition) is 5. The average molecular weight is 494 g/mol. The highest BCUT2D eigenvalue weighted by Crippen LogP contribution is 2.18. The minimum Gasteiger partial charge on any atom is -0.369 e. The first-order valence-electron chi connectivity index (χ1n) is 11.6. The van der Waals surface area contributed by atoms with Crippen molar-refractivity contribution in [2.24, 2.45) is 0 Å². The Labute approximate surface area is 206 Å². The van der Waals surface area contributed by atoms with E-state index < -0.39 is 0 Å². The first kappa shape index (κ1) is 23.3. The summed E-state index contributed by atoms with van der Waals surface area (Å²) >= 11 is 6.07. The van der Waals surface area contributed by atoms with Crippen molar-refractivity contribution in [3.05, 3.63) is 87.6 Å². The van der Waals surface area contributed by atoms with Crippen LogP contribution < -0.4 is 15.8 Å². The molecule has 0 radical (unpaired) electrons. The zero-order chi connectivity index (χ0) is 24.4. The summed E-state index contributed by atoms with van der Waals surface area (Å²) in [4.78, 5) is 34.9. The molecule has 7 nitrogen and oxygen atoms in total. The van der Waals surface area contributed by atoms with Crippen LogP contribution >= 0.6 is 11.6 Å². The largest absolute Gasteiger partial charge is 0.369 e. The topological polar surface area (TPSA) is 70.0 Å². The second kappa shape index (κ2) is 10.0. The molecule has 0 spiro atoms. The molecule has 1 fully saturated rings. The van der Waals surface area contributed by atoms with Gasteiger partial charge in [-0.3, -0.25) is 18.9 Å². The Morgan fingerprint density at radius 3 is 2.60 bits per heavy atom. The lowest BCUT2D eigenvalue weighted by Crippen LogP contribution is -2.47. The monoisotopic (exact) mass is 493 g/mol. The number of piperazine rings is 1. The van der Waals surface area contributed by atoms with Crippen molar-refractivity contribution < 1.29 is 9.18 Å². The Morgan fingerprint density at radius 1 is 1.06 bits per heavy atom. The fraction of sp³-hybridized carbons (Fsp3) is 0.269. The molecule has 2 aromatic heterocycles. The second-order valence-corrected chi connectivity index (χ2v) is 9.04. The molecule has 1 aliphatic rings. The minimum absolute atomic E-state index is 0.224. The van der Waals surface area contributed by atoms with E-state index in [0.29, 0.717) is 33.7 Å². The summed E-state index contributed by atoms with van der Waals surface area (Å²) in [5.74, 6) is -0.490. The first-order chi connectivity index (χ1) is 17.0. The Hall–Kier alpha value is -3.49. The molecule has 180 valence electrons. The van der Waals surface area contributed by atoms with Gasteiger partial charge in [0.05, 0.1) is 16.5 Å². The summed E-state index contributed by atoms with van der Waals surface area (Å²) in [6.07, 6.45) is 2.42. The maximum absolute atomic E-state index is 13.1. The molecular weight excluding hydrogens is 469 g/mol. The fourth-order valence-electron chi connectivity index (χ4n) is 4.46. The molecular formula is C26H25ClFN5O2. The smallest absolute Gasteiger partial charge is 0.265 e. The number of fused-ring (bicyclic) bond motifs is 2. The van der Waals surface area contributed by atoms with Crippen molar-refractivity contribution in [3.63, 3.8) is 0 Å². The van der Waals surface area contributed by atoms with Gasteiger partial charge >= 0.3 is 0 Å². The third-order valence-corrected chi connectivity index (χ3v) is 6.58. The van der Waals surface area contributed by atoms with Gasteiger partial charge in [0.1, 0.15) is 5.82 Å². The molecule has 0 saturated carbocycles. The third-order valence-electron chi connectivity index (χ3n) is 6.35. The Bertz CT molecular complexity index is 1430. The molecule has 35 heavy (non-hydrogen) atoms. The van der Waals surface area contributed by atoms with Crippen LogP contribution in [0, 0.1) is 5.82 Å². The van der Waals surface area contributed by atoms with E-state index >= 15 is 0 Å². The molecule has 5 rings (SSSR count). The lowest BCUT2D eigenvalue weighted by atomic mass is 10.2. The van der Waals surface area contributed by atoms with Gasteiger partial charge in [0, 0.05) is 49.6 Å². The quantitative estimate of drug-likeness (QED) is 0.328. The molecule has 0 unspecified atom stereocenters. The van der Waals surface area contributed by atoms with Crippen LogP contribution in [-0.4, -0.2) is 59.5 Å². The number of rotatable bonds is 6. The molecule has 0 aliphatic carbocycles. The van der Waals surface area contributed by atoms with Crippen LogP contribution in [0.5, 0.6) is 0 Å². The highest BCUT2D eigenvalue weighted by Gasteiger charge is 2.18. The highest BCUT2D eigenvalue weighted by molar-refractivity contribution is 6.31. The SMILES string of the molecule is O=C(NCCCN1CCN(c2ccc(F)cc2)CC1)c1cccn2c(=O)c3ccc(Cl)cc3nc12. The minimum atomic E-state index is -0.266. The van der Waals surface area contributed by atoms with Crippen molar-refractivity contribution in [2.75, 3.05) is 44.2 Å². The summed E-state index contributed by atoms with van der Waals surface area (Å²) in [5.41, 5.74) is 1.91. The van der Waals surface area contributed by atoms with E-state index in [-0.39, 0.29) is 17.3 Å². The van der Waals surface area contributed by atoms with E-state index in [2.05, 4.69) is 20.1 Å². The van der Waals surface area contributed by atoms with E-state index in [9.17, 15) is 14.0 Å². The van der Waals surface area contributed by atoms with Crippen molar-refractivity contribution in [2.45, 2.75) is 6.42 Å². The van der Waals surface area contributed by atoms with Gasteiger partial charge in [-0.25, -0.2) is 9.37 Å². The number of nitrogens with zero attached hydrogens (tertiary/aromatic N) is 4. The molecule has 1 aliphatic heterocycles. The average Bonchev–Trinajstić information content (AvgIpc) is 2.87. The second-order valence-electron chi connectivity index (χ2n) is 8.61. The molecule has 1 N–H and O–H groups in total. The summed E-state index contributed by atoms with van der Waals surface area (Å²) in [5, 5.41) is 3.89. The number of anilines is 1. The number of nitrogens with one attached hydrogen (secondary N) is 1. The molecule has 1 saturated heterocycles. The summed E-state index contributed by atoms with van der Waals surface area (Å²) in [6.45, 7) is 4.97. The Balaban J connectivity index is 1.17. The van der Waals surface area contributed by atoms with Crippen molar-refractivity contribution in [1.29, 1.82) is 0 Å². The molecule has 0 atom stereocenters. The molecule has 2 aromatic carbocycles. The van der Waals surface area contributed by atoms with Gasteiger partial charge in [0.15, 0.2) is 5.65 Å². The van der Waals surface area contributed by atoms with Gasteiger partial charge in [-0.15, -0.1) is 0 Å². The number of carbonyl (C=O) groups is 1. The molecule has 9 heteroatoms. The van der Waals surface area contributed by atoms with E-state index in [1.807, 2.05) is 12.1 Å². The van der Waals surface area contributed by atoms with Crippen LogP contribution in [0.4, 0.5) is 10.1 Å². The highest BCUT2D eigenvalue weighted by atomic mass is 35.5. The maximum atomic E-state index is 13.1. The number of amides is 1. The van der Waals surface area contributed by atoms with Gasteiger partial charge in [0.25, 0.3) is 11.5 Å². The van der Waals surface area contributed by atoms with E-state index in [1.165, 1.54) is 16.5 Å². The van der Waals surface area contributed by atoms with Gasteiger partial charge in [-0.1, -0.05) is 11.6 Å². The number of hydrogen-bond donors (Lipinski definition) is 1. The van der Waals surface area contributed by atoms with Crippen molar-refractivity contribution in [1.82, 2.24) is 19.6 Å². The van der Waals surface area contributed by atoms with Gasteiger partial charge < -0.3 is 10.2 Å². The normalized spacial score (nSPS) is 14.5. The summed E-state index contributed by atoms with van der Waals surface area (Å²) in [7, 11) is 0. The zero-order valence-corrected chi connectivity index (χ0v) is 19.8. The molecule has 3 heterocycles. The van der Waals surface area contributed by atoms with Crippen LogP contribution in [-0.2, 0) is 0 Å². The predicted octanol–water partition coefficient (Wildman–Crippen LogP) is 3.58. The Kier molecular flexibility index (Phi) is 6.66. The number of pyridine rings is 1. The standard InChI is InChI=1S/C26H25ClFN5O2/c27-18-4-9-21-23(17-18)30-24-22(3-1-12-33(24)26(21)35)25(34)29-10-2-11-31-13-15-32(16-14-31)20-7-5-19(28)6-8-20/h1,3-9,12,17H,2,10-11,13-16H2,(H,29,34). The number of carbonyl (C=O) groups excluding carboxylic acids is 1. The summed E-state index contributed by atoms with van der Waals surface area (Å²) in [6, 6.07) is 14.9. The lowest BCUT2D eigenvalue weighted by Gasteiger charge is -2.36. The van der Waals surface area contributed by atoms with Crippen molar-refractivity contribution in [3.8, 4) is 0 Å². The van der Waals surface area contributed by atoms with E-state index in [0.717, 1.165) is 44.8 Å². The van der Waals surface area contributed by atoms with Crippen LogP contribution in [0.2, 0.25) is 5.02 Å². The van der Waals surface area contributed by atoms with Gasteiger partial charge in [-0.2, -0.15) is 0 Å². The molecule has 0 bridgehead atoms. The fourth-order valence-corrected chi connectivity index (χ4v) is 4.63. The third kappa shape index (κ3) is 4.99. The van der Waals surface area contributed by atoms with Gasteiger partial charge in [-0.05, 0) is 67.6 Å². The lowest BCUT2D eigenvalue weighted by molar-refractivity contribution is 0.0952. The van der Waals surface area contributed by atoms with Crippen molar-refractivity contribution >= 4 is 39.7 Å². The van der Waals surface area contributed by atoms with E-state index in [4.69, 9.17) is 11.6 Å².